The van der Waals surface area contributed by atoms with Crippen molar-refractivity contribution in [3.05, 3.63) is 69.5 Å². The van der Waals surface area contributed by atoms with Gasteiger partial charge in [0.25, 0.3) is 0 Å². The number of nitrogens with one attached hydrogen (secondary N) is 1. The van der Waals surface area contributed by atoms with E-state index in [0.29, 0.717) is 17.9 Å². The summed E-state index contributed by atoms with van der Waals surface area (Å²) in [5.74, 6) is 0.807. The summed E-state index contributed by atoms with van der Waals surface area (Å²) in [7, 11) is 0. The van der Waals surface area contributed by atoms with E-state index in [1.54, 1.807) is 0 Å². The minimum atomic E-state index is -4.33. The Bertz CT molecular complexity index is 935. The second-order valence-electron chi connectivity index (χ2n) is 6.35. The molecule has 0 fully saturated rings. The number of hydrogen-bond acceptors (Lipinski definition) is 4. The lowest BCUT2D eigenvalue weighted by Crippen LogP contribution is -2.23. The van der Waals surface area contributed by atoms with Gasteiger partial charge in [-0.25, -0.2) is 4.98 Å². The second-order valence-corrected chi connectivity index (χ2v) is 7.29. The van der Waals surface area contributed by atoms with Gasteiger partial charge in [-0.2, -0.15) is 13.2 Å². The van der Waals surface area contributed by atoms with E-state index in [2.05, 4.69) is 22.4 Å². The van der Waals surface area contributed by atoms with Gasteiger partial charge in [0.2, 0.25) is 0 Å². The molecule has 0 aliphatic carbocycles. The highest BCUT2D eigenvalue weighted by Crippen LogP contribution is 2.31. The van der Waals surface area contributed by atoms with E-state index in [1.165, 1.54) is 34.6 Å². The maximum atomic E-state index is 12.7. The van der Waals surface area contributed by atoms with Gasteiger partial charge in [0.05, 0.1) is 11.3 Å². The number of aromatic nitrogens is 1. The normalized spacial score (nSPS) is 14.0. The smallest absolute Gasteiger partial charge is 0.416 e. The molecule has 27 heavy (non-hydrogen) atoms. The van der Waals surface area contributed by atoms with Crippen LogP contribution in [-0.2, 0) is 25.7 Å². The van der Waals surface area contributed by atoms with Crippen LogP contribution in [0.25, 0.3) is 11.3 Å². The van der Waals surface area contributed by atoms with Crippen LogP contribution in [0.1, 0.15) is 21.7 Å². The summed E-state index contributed by atoms with van der Waals surface area (Å²) in [4.78, 5) is 4.48. The Labute approximate surface area is 158 Å². The monoisotopic (exact) mass is 390 g/mol. The topological polar surface area (TPSA) is 34.1 Å². The van der Waals surface area contributed by atoms with Crippen molar-refractivity contribution in [1.29, 1.82) is 0 Å². The fraction of sp³-hybridized carbons (Fsp3) is 0.250. The summed E-state index contributed by atoms with van der Waals surface area (Å²) in [6.07, 6.45) is -3.34. The van der Waals surface area contributed by atoms with E-state index < -0.39 is 11.7 Å². The first-order valence-corrected chi connectivity index (χ1v) is 9.44. The van der Waals surface area contributed by atoms with Crippen molar-refractivity contribution in [3.63, 3.8) is 0 Å². The maximum Gasteiger partial charge on any atom is 0.416 e. The van der Waals surface area contributed by atoms with Crippen LogP contribution in [0.3, 0.4) is 0 Å². The summed E-state index contributed by atoms with van der Waals surface area (Å²) in [5.41, 5.74) is 3.26. The van der Waals surface area contributed by atoms with Crippen LogP contribution in [0.5, 0.6) is 5.75 Å². The Morgan fingerprint density at radius 2 is 1.89 bits per heavy atom. The maximum absolute atomic E-state index is 12.7. The van der Waals surface area contributed by atoms with Crippen LogP contribution in [0.2, 0.25) is 0 Å². The summed E-state index contributed by atoms with van der Waals surface area (Å²) in [6, 6.07) is 11.1. The minimum absolute atomic E-state index is 0.336. The molecule has 1 aliphatic heterocycles. The van der Waals surface area contributed by atoms with Crippen LogP contribution in [0, 0.1) is 0 Å². The van der Waals surface area contributed by atoms with Crippen molar-refractivity contribution in [3.8, 4) is 17.0 Å². The number of hydrogen-bond donors (Lipinski definition) is 1. The fourth-order valence-corrected chi connectivity index (χ4v) is 3.74. The predicted molar refractivity (Wildman–Crippen MR) is 98.7 cm³/mol. The molecular formula is C20H17F3N2OS. The van der Waals surface area contributed by atoms with E-state index in [9.17, 15) is 13.2 Å². The largest absolute Gasteiger partial charge is 0.486 e. The van der Waals surface area contributed by atoms with Gasteiger partial charge in [0, 0.05) is 17.5 Å². The number of nitrogens with zero attached hydrogens (tertiary/aromatic N) is 1. The second kappa shape index (κ2) is 7.32. The quantitative estimate of drug-likeness (QED) is 0.677. The van der Waals surface area contributed by atoms with Gasteiger partial charge in [0.1, 0.15) is 17.4 Å². The molecule has 2 aromatic carbocycles. The molecule has 2 heterocycles. The molecule has 0 spiro atoms. The summed E-state index contributed by atoms with van der Waals surface area (Å²) >= 11 is 1.43. The Kier molecular flexibility index (Phi) is 4.88. The molecule has 4 rings (SSSR count). The van der Waals surface area contributed by atoms with Crippen LogP contribution < -0.4 is 10.1 Å². The molecule has 0 saturated heterocycles. The van der Waals surface area contributed by atoms with E-state index >= 15 is 0 Å². The number of ether oxygens (including phenoxy) is 1. The highest BCUT2D eigenvalue weighted by molar-refractivity contribution is 7.09. The molecule has 0 bridgehead atoms. The Balaban J connectivity index is 1.42. The first-order chi connectivity index (χ1) is 13.0. The number of alkyl halides is 3. The molecule has 0 amide bonds. The zero-order valence-corrected chi connectivity index (χ0v) is 15.2. The van der Waals surface area contributed by atoms with Gasteiger partial charge >= 0.3 is 6.18 Å². The Morgan fingerprint density at radius 3 is 2.67 bits per heavy atom. The number of thiazole rings is 1. The average molecular weight is 390 g/mol. The molecule has 0 radical (unpaired) electrons. The zero-order valence-electron chi connectivity index (χ0n) is 14.3. The molecule has 140 valence electrons. The molecule has 1 N–H and O–H groups in total. The molecule has 3 aromatic rings. The van der Waals surface area contributed by atoms with E-state index in [-0.39, 0.29) is 0 Å². The minimum Gasteiger partial charge on any atom is -0.486 e. The third-order valence-corrected chi connectivity index (χ3v) is 5.31. The van der Waals surface area contributed by atoms with Gasteiger partial charge in [-0.05, 0) is 48.4 Å². The van der Waals surface area contributed by atoms with Crippen molar-refractivity contribution in [2.45, 2.75) is 25.7 Å². The highest BCUT2D eigenvalue weighted by atomic mass is 32.1. The lowest BCUT2D eigenvalue weighted by Gasteiger charge is -2.17. The molecule has 7 heteroatoms. The molecular weight excluding hydrogens is 373 g/mol. The third-order valence-electron chi connectivity index (χ3n) is 4.49. The summed E-state index contributed by atoms with van der Waals surface area (Å²) in [5, 5.41) is 5.95. The van der Waals surface area contributed by atoms with Crippen molar-refractivity contribution < 1.29 is 17.9 Å². The fourth-order valence-electron chi connectivity index (χ4n) is 3.03. The van der Waals surface area contributed by atoms with Crippen LogP contribution in [0.4, 0.5) is 13.2 Å². The number of benzene rings is 2. The molecule has 3 nitrogen and oxygen atoms in total. The molecule has 0 unspecified atom stereocenters. The summed E-state index contributed by atoms with van der Waals surface area (Å²) < 4.78 is 43.8. The van der Waals surface area contributed by atoms with Gasteiger partial charge in [-0.1, -0.05) is 18.2 Å². The van der Waals surface area contributed by atoms with Crippen molar-refractivity contribution in [2.24, 2.45) is 0 Å². The predicted octanol–water partition coefficient (Wildman–Crippen LogP) is 5.05. The average Bonchev–Trinajstić information content (AvgIpc) is 3.15. The standard InChI is InChI=1S/C20H17F3N2OS/c21-20(22,23)16-4-1-13(2-5-16)18-12-27-19(25-18)11-26-17-6-3-15-10-24-8-7-14(15)9-17/h1-6,9,12,24H,7-8,10-11H2. The zero-order chi connectivity index (χ0) is 18.9. The lowest BCUT2D eigenvalue weighted by atomic mass is 10.0. The molecule has 0 atom stereocenters. The van der Waals surface area contributed by atoms with Crippen molar-refractivity contribution in [2.75, 3.05) is 6.54 Å². The summed E-state index contributed by atoms with van der Waals surface area (Å²) in [6.45, 7) is 2.19. The van der Waals surface area contributed by atoms with E-state index in [0.717, 1.165) is 42.4 Å². The highest BCUT2D eigenvalue weighted by Gasteiger charge is 2.30. The van der Waals surface area contributed by atoms with Crippen LogP contribution >= 0.6 is 11.3 Å². The number of fused-ring (bicyclic) bond motifs is 1. The first-order valence-electron chi connectivity index (χ1n) is 8.56. The first kappa shape index (κ1) is 18.0. The number of rotatable bonds is 4. The van der Waals surface area contributed by atoms with Crippen molar-refractivity contribution >= 4 is 11.3 Å². The Morgan fingerprint density at radius 1 is 1.07 bits per heavy atom. The molecule has 1 aliphatic rings. The van der Waals surface area contributed by atoms with E-state index in [4.69, 9.17) is 4.74 Å². The van der Waals surface area contributed by atoms with Gasteiger partial charge < -0.3 is 10.1 Å². The lowest BCUT2D eigenvalue weighted by molar-refractivity contribution is -0.137. The SMILES string of the molecule is FC(F)(F)c1ccc(-c2csc(COc3ccc4c(c3)CCNC4)n2)cc1. The Hall–Kier alpha value is -2.38. The van der Waals surface area contributed by atoms with Crippen molar-refractivity contribution in [1.82, 2.24) is 10.3 Å². The van der Waals surface area contributed by atoms with Gasteiger partial charge in [-0.3, -0.25) is 0 Å². The third kappa shape index (κ3) is 4.14. The van der Waals surface area contributed by atoms with Crippen LogP contribution in [0.15, 0.2) is 47.8 Å². The number of halogens is 3. The van der Waals surface area contributed by atoms with Gasteiger partial charge in [-0.15, -0.1) is 11.3 Å². The van der Waals surface area contributed by atoms with Crippen LogP contribution in [-0.4, -0.2) is 11.5 Å². The molecule has 1 aromatic heterocycles. The van der Waals surface area contributed by atoms with E-state index in [1.807, 2.05) is 11.4 Å². The van der Waals surface area contributed by atoms with Gasteiger partial charge in [0.15, 0.2) is 0 Å². The molecule has 0 saturated carbocycles.